The zero-order valence-electron chi connectivity index (χ0n) is 17.4. The molecule has 33 heavy (non-hydrogen) atoms. The number of hydrogen-bond acceptors (Lipinski definition) is 10. The molecule has 0 fully saturated rings. The zero-order valence-corrected chi connectivity index (χ0v) is 17.4. The third kappa shape index (κ3) is 4.14. The molecule has 4 aromatic rings. The number of aromatic nitrogens is 8. The third-order valence-corrected chi connectivity index (χ3v) is 4.58. The van der Waals surface area contributed by atoms with Crippen LogP contribution >= 0.6 is 0 Å². The molecule has 0 bridgehead atoms. The maximum Gasteiger partial charge on any atom is 0.332 e. The van der Waals surface area contributed by atoms with E-state index in [1.807, 2.05) is 0 Å². The zero-order chi connectivity index (χ0) is 23.7. The highest BCUT2D eigenvalue weighted by Gasteiger charge is 2.17. The smallest absolute Gasteiger partial charge is 0.332 e. The topological polar surface area (TPSA) is 198 Å². The van der Waals surface area contributed by atoms with Crippen LogP contribution in [0.1, 0.15) is 10.4 Å². The summed E-state index contributed by atoms with van der Waals surface area (Å²) in [4.78, 5) is 68.9. The number of nitrogens with zero attached hydrogens (tertiary/aromatic N) is 8. The lowest BCUT2D eigenvalue weighted by atomic mass is 10.3. The average Bonchev–Trinajstić information content (AvgIpc) is 3.19. The molecule has 4 heterocycles. The molecular formula is C18H17N11O4. The third-order valence-electron chi connectivity index (χ3n) is 4.58. The maximum atomic E-state index is 12.6. The summed E-state index contributed by atoms with van der Waals surface area (Å²) < 4.78 is 3.42. The number of nitrogen functional groups attached to an aromatic ring is 1. The van der Waals surface area contributed by atoms with Crippen LogP contribution in [-0.4, -0.2) is 50.4 Å². The summed E-state index contributed by atoms with van der Waals surface area (Å²) in [6.45, 7) is -0.326. The van der Waals surface area contributed by atoms with Crippen LogP contribution in [0.3, 0.4) is 0 Å². The minimum Gasteiger partial charge on any atom is -0.368 e. The van der Waals surface area contributed by atoms with Crippen molar-refractivity contribution in [2.75, 3.05) is 16.4 Å². The maximum absolute atomic E-state index is 12.6. The first-order valence-corrected chi connectivity index (χ1v) is 9.38. The highest BCUT2D eigenvalue weighted by Crippen LogP contribution is 2.10. The van der Waals surface area contributed by atoms with Gasteiger partial charge in [0.15, 0.2) is 11.2 Å². The first kappa shape index (κ1) is 21.3. The molecule has 15 heteroatoms. The van der Waals surface area contributed by atoms with Crippen molar-refractivity contribution in [3.8, 4) is 0 Å². The van der Waals surface area contributed by atoms with Crippen molar-refractivity contribution < 1.29 is 9.59 Å². The number of imidazole rings is 1. The molecule has 15 nitrogen and oxygen atoms in total. The Hall–Kier alpha value is -4.95. The van der Waals surface area contributed by atoms with Crippen molar-refractivity contribution >= 4 is 40.8 Å². The monoisotopic (exact) mass is 451 g/mol. The Morgan fingerprint density at radius 2 is 1.79 bits per heavy atom. The summed E-state index contributed by atoms with van der Waals surface area (Å²) in [7, 11) is 2.80. The summed E-state index contributed by atoms with van der Waals surface area (Å²) in [5, 5.41) is 4.87. The van der Waals surface area contributed by atoms with E-state index in [0.29, 0.717) is 0 Å². The molecule has 0 atom stereocenters. The van der Waals surface area contributed by atoms with Gasteiger partial charge in [0, 0.05) is 26.5 Å². The standard InChI is InChI=1S/C18H17N11O4/c1-27-12-11(14(32)28(2)18(27)33)29(8-21-12)7-10(30)22-16-24-15(19)25-17(26-16)23-13(31)9-4-3-5-20-6-9/h3-6,8H,7H2,1-2H3,(H4,19,22,23,24,25,26,30,31). The minimum atomic E-state index is -0.611. The van der Waals surface area contributed by atoms with Gasteiger partial charge in [-0.15, -0.1) is 0 Å². The number of carbonyl (C=O) groups is 2. The van der Waals surface area contributed by atoms with Crippen LogP contribution in [0.5, 0.6) is 0 Å². The molecule has 4 N–H and O–H groups in total. The number of hydrogen-bond donors (Lipinski definition) is 3. The van der Waals surface area contributed by atoms with E-state index in [-0.39, 0.29) is 41.1 Å². The number of pyridine rings is 1. The molecule has 0 saturated carbocycles. The van der Waals surface area contributed by atoms with Crippen molar-refractivity contribution in [1.29, 1.82) is 0 Å². The molecule has 0 unspecified atom stereocenters. The van der Waals surface area contributed by atoms with Crippen LogP contribution in [0, 0.1) is 0 Å². The van der Waals surface area contributed by atoms with E-state index in [4.69, 9.17) is 5.73 Å². The van der Waals surface area contributed by atoms with Crippen LogP contribution in [0.15, 0.2) is 40.4 Å². The molecule has 0 aromatic carbocycles. The van der Waals surface area contributed by atoms with Gasteiger partial charge in [0.05, 0.1) is 11.9 Å². The fraction of sp³-hybridized carbons (Fsp3) is 0.167. The SMILES string of the molecule is Cn1c(=O)c2c(ncn2CC(=O)Nc2nc(N)nc(NC(=O)c3cccnc3)n2)n(C)c1=O. The molecular weight excluding hydrogens is 434 g/mol. The number of nitrogens with two attached hydrogens (primary N) is 1. The lowest BCUT2D eigenvalue weighted by Crippen LogP contribution is -2.37. The fourth-order valence-electron chi connectivity index (χ4n) is 3.01. The second-order valence-electron chi connectivity index (χ2n) is 6.84. The molecule has 0 spiro atoms. The Morgan fingerprint density at radius 1 is 1.06 bits per heavy atom. The van der Waals surface area contributed by atoms with E-state index in [1.54, 1.807) is 12.1 Å². The second kappa shape index (κ2) is 8.29. The van der Waals surface area contributed by atoms with E-state index < -0.39 is 23.1 Å². The molecule has 4 rings (SSSR count). The molecule has 0 radical (unpaired) electrons. The average molecular weight is 451 g/mol. The van der Waals surface area contributed by atoms with Crippen LogP contribution in [0.25, 0.3) is 11.2 Å². The van der Waals surface area contributed by atoms with Gasteiger partial charge in [-0.2, -0.15) is 15.0 Å². The van der Waals surface area contributed by atoms with Gasteiger partial charge in [-0.3, -0.25) is 39.1 Å². The number of amides is 2. The molecule has 168 valence electrons. The quantitative estimate of drug-likeness (QED) is 0.320. The summed E-state index contributed by atoms with van der Waals surface area (Å²) in [5.41, 5.74) is 5.01. The second-order valence-corrected chi connectivity index (χ2v) is 6.84. The summed E-state index contributed by atoms with van der Waals surface area (Å²) in [5.74, 6) is -1.77. The van der Waals surface area contributed by atoms with Gasteiger partial charge in [0.25, 0.3) is 11.5 Å². The number of aryl methyl sites for hydroxylation is 1. The number of nitrogens with one attached hydrogen (secondary N) is 2. The highest BCUT2D eigenvalue weighted by atomic mass is 16.2. The van der Waals surface area contributed by atoms with Gasteiger partial charge < -0.3 is 10.3 Å². The summed E-state index contributed by atoms with van der Waals surface area (Å²) in [6, 6.07) is 3.14. The summed E-state index contributed by atoms with van der Waals surface area (Å²) >= 11 is 0. The molecule has 0 saturated heterocycles. The Balaban J connectivity index is 1.54. The lowest BCUT2D eigenvalue weighted by molar-refractivity contribution is -0.116. The van der Waals surface area contributed by atoms with Crippen LogP contribution < -0.4 is 27.6 Å². The molecule has 0 aliphatic carbocycles. The van der Waals surface area contributed by atoms with E-state index >= 15 is 0 Å². The molecule has 0 aliphatic rings. The van der Waals surface area contributed by atoms with Gasteiger partial charge in [0.1, 0.15) is 6.54 Å². The first-order valence-electron chi connectivity index (χ1n) is 9.38. The first-order chi connectivity index (χ1) is 15.7. The fourth-order valence-corrected chi connectivity index (χ4v) is 3.01. The molecule has 0 aliphatic heterocycles. The lowest BCUT2D eigenvalue weighted by Gasteiger charge is -2.09. The van der Waals surface area contributed by atoms with E-state index in [9.17, 15) is 19.2 Å². The van der Waals surface area contributed by atoms with Crippen LogP contribution in [0.2, 0.25) is 0 Å². The predicted molar refractivity (Wildman–Crippen MR) is 115 cm³/mol. The normalized spacial score (nSPS) is 10.8. The Kier molecular flexibility index (Phi) is 5.35. The highest BCUT2D eigenvalue weighted by molar-refractivity contribution is 6.03. The van der Waals surface area contributed by atoms with Crippen molar-refractivity contribution in [2.45, 2.75) is 6.54 Å². The Bertz CT molecular complexity index is 1500. The molecule has 2 amide bonds. The number of anilines is 3. The van der Waals surface area contributed by atoms with E-state index in [1.165, 1.54) is 42.0 Å². The van der Waals surface area contributed by atoms with Gasteiger partial charge in [-0.1, -0.05) is 0 Å². The van der Waals surface area contributed by atoms with Crippen molar-refractivity contribution in [3.05, 3.63) is 57.3 Å². The van der Waals surface area contributed by atoms with Gasteiger partial charge in [0.2, 0.25) is 23.8 Å². The number of carbonyl (C=O) groups excluding carboxylic acids is 2. The van der Waals surface area contributed by atoms with Gasteiger partial charge in [-0.05, 0) is 12.1 Å². The predicted octanol–water partition coefficient (Wildman–Crippen LogP) is -1.51. The summed E-state index contributed by atoms with van der Waals surface area (Å²) in [6.07, 6.45) is 4.15. The number of fused-ring (bicyclic) bond motifs is 1. The minimum absolute atomic E-state index is 0.0781. The van der Waals surface area contributed by atoms with Crippen molar-refractivity contribution in [2.24, 2.45) is 14.1 Å². The van der Waals surface area contributed by atoms with Gasteiger partial charge >= 0.3 is 5.69 Å². The van der Waals surface area contributed by atoms with E-state index in [0.717, 1.165) is 4.57 Å². The van der Waals surface area contributed by atoms with Gasteiger partial charge in [-0.25, -0.2) is 9.78 Å². The van der Waals surface area contributed by atoms with Crippen LogP contribution in [-0.2, 0) is 25.4 Å². The molecule has 4 aromatic heterocycles. The Labute approximate surface area is 184 Å². The van der Waals surface area contributed by atoms with E-state index in [2.05, 4.69) is 35.6 Å². The van der Waals surface area contributed by atoms with Crippen molar-refractivity contribution in [3.63, 3.8) is 0 Å². The number of rotatable bonds is 5. The van der Waals surface area contributed by atoms with Crippen LogP contribution in [0.4, 0.5) is 17.8 Å². The largest absolute Gasteiger partial charge is 0.368 e. The van der Waals surface area contributed by atoms with Crippen molar-refractivity contribution in [1.82, 2.24) is 38.6 Å². The Morgan fingerprint density at radius 3 is 2.48 bits per heavy atom.